The molecule has 2 aromatic rings. The van der Waals surface area contributed by atoms with Crippen LogP contribution in [0.4, 0.5) is 8.78 Å². The van der Waals surface area contributed by atoms with E-state index >= 15 is 0 Å². The van der Waals surface area contributed by atoms with Crippen molar-refractivity contribution in [1.29, 1.82) is 0 Å². The summed E-state index contributed by atoms with van der Waals surface area (Å²) in [6.45, 7) is 3.70. The molecule has 0 radical (unpaired) electrons. The zero-order chi connectivity index (χ0) is 13.1. The molecule has 0 saturated carbocycles. The summed E-state index contributed by atoms with van der Waals surface area (Å²) in [6, 6.07) is 3.52. The number of nitrogens with one attached hydrogen (secondary N) is 1. The van der Waals surface area contributed by atoms with Crippen LogP contribution >= 0.6 is 11.3 Å². The maximum atomic E-state index is 13.6. The monoisotopic (exact) mass is 268 g/mol. The molecule has 0 bridgehead atoms. The lowest BCUT2D eigenvalue weighted by Gasteiger charge is -2.20. The fraction of sp³-hybridized carbons (Fsp3) is 0.308. The maximum absolute atomic E-state index is 13.6. The van der Waals surface area contributed by atoms with Gasteiger partial charge in [0.25, 0.3) is 0 Å². The Morgan fingerprint density at radius 1 is 1.17 bits per heavy atom. The van der Waals surface area contributed by atoms with E-state index in [4.69, 9.17) is 0 Å². The SMILES string of the molecule is CC(NC(C)c1c(F)cccc1F)c1cncs1. The van der Waals surface area contributed by atoms with Crippen LogP contribution in [0.15, 0.2) is 29.9 Å². The Balaban J connectivity index is 2.15. The predicted octanol–water partition coefficient (Wildman–Crippen LogP) is 3.83. The number of halogens is 2. The van der Waals surface area contributed by atoms with Crippen molar-refractivity contribution >= 4 is 11.3 Å². The molecule has 1 N–H and O–H groups in total. The van der Waals surface area contributed by atoms with Crippen LogP contribution < -0.4 is 5.32 Å². The van der Waals surface area contributed by atoms with Crippen LogP contribution in [0.3, 0.4) is 0 Å². The summed E-state index contributed by atoms with van der Waals surface area (Å²) in [5, 5.41) is 3.17. The zero-order valence-electron chi connectivity index (χ0n) is 10.2. The third-order valence-corrected chi connectivity index (χ3v) is 3.77. The normalized spacial score (nSPS) is 14.4. The first-order valence-electron chi connectivity index (χ1n) is 5.68. The van der Waals surface area contributed by atoms with E-state index in [9.17, 15) is 8.78 Å². The van der Waals surface area contributed by atoms with Gasteiger partial charge in [-0.3, -0.25) is 4.98 Å². The molecule has 2 rings (SSSR count). The lowest BCUT2D eigenvalue weighted by Crippen LogP contribution is -2.23. The number of hydrogen-bond acceptors (Lipinski definition) is 3. The van der Waals surface area contributed by atoms with E-state index in [2.05, 4.69) is 10.3 Å². The van der Waals surface area contributed by atoms with E-state index in [1.165, 1.54) is 29.5 Å². The third-order valence-electron chi connectivity index (χ3n) is 2.81. The Labute approximate surface area is 109 Å². The molecule has 0 amide bonds. The minimum Gasteiger partial charge on any atom is -0.303 e. The van der Waals surface area contributed by atoms with Crippen molar-refractivity contribution in [3.8, 4) is 0 Å². The van der Waals surface area contributed by atoms with Crippen molar-refractivity contribution in [2.24, 2.45) is 0 Å². The second kappa shape index (κ2) is 5.54. The smallest absolute Gasteiger partial charge is 0.130 e. The molecular weight excluding hydrogens is 254 g/mol. The molecule has 0 aliphatic rings. The van der Waals surface area contributed by atoms with Gasteiger partial charge in [-0.05, 0) is 26.0 Å². The van der Waals surface area contributed by atoms with Crippen LogP contribution in [-0.4, -0.2) is 4.98 Å². The lowest BCUT2D eigenvalue weighted by atomic mass is 10.1. The molecule has 1 heterocycles. The van der Waals surface area contributed by atoms with Crippen molar-refractivity contribution in [3.63, 3.8) is 0 Å². The van der Waals surface area contributed by atoms with Gasteiger partial charge in [-0.25, -0.2) is 8.78 Å². The van der Waals surface area contributed by atoms with Gasteiger partial charge >= 0.3 is 0 Å². The van der Waals surface area contributed by atoms with Gasteiger partial charge in [0.1, 0.15) is 11.6 Å². The molecule has 1 aromatic heterocycles. The van der Waals surface area contributed by atoms with Crippen LogP contribution in [-0.2, 0) is 0 Å². The second-order valence-corrected chi connectivity index (χ2v) is 5.07. The highest BCUT2D eigenvalue weighted by Gasteiger charge is 2.18. The van der Waals surface area contributed by atoms with E-state index in [1.54, 1.807) is 18.6 Å². The topological polar surface area (TPSA) is 24.9 Å². The molecule has 0 aliphatic carbocycles. The number of benzene rings is 1. The molecule has 2 nitrogen and oxygen atoms in total. The number of nitrogens with zero attached hydrogens (tertiary/aromatic N) is 1. The standard InChI is InChI=1S/C13H14F2N2S/c1-8(12-6-16-7-18-12)17-9(2)13-10(14)4-3-5-11(13)15/h3-9,17H,1-2H3. The van der Waals surface area contributed by atoms with Crippen LogP contribution in [0.5, 0.6) is 0 Å². The van der Waals surface area contributed by atoms with E-state index in [0.29, 0.717) is 0 Å². The average molecular weight is 268 g/mol. The number of rotatable bonds is 4. The quantitative estimate of drug-likeness (QED) is 0.911. The van der Waals surface area contributed by atoms with E-state index in [-0.39, 0.29) is 11.6 Å². The Morgan fingerprint density at radius 3 is 2.39 bits per heavy atom. The van der Waals surface area contributed by atoms with Crippen molar-refractivity contribution < 1.29 is 8.78 Å². The van der Waals surface area contributed by atoms with Gasteiger partial charge < -0.3 is 5.32 Å². The minimum absolute atomic E-state index is 0.00602. The third kappa shape index (κ3) is 2.73. The largest absolute Gasteiger partial charge is 0.303 e. The van der Waals surface area contributed by atoms with Gasteiger partial charge in [0.05, 0.1) is 5.51 Å². The number of aromatic nitrogens is 1. The summed E-state index contributed by atoms with van der Waals surface area (Å²) < 4.78 is 27.2. The number of hydrogen-bond donors (Lipinski definition) is 1. The molecule has 0 aliphatic heterocycles. The van der Waals surface area contributed by atoms with Crippen molar-refractivity contribution in [2.75, 3.05) is 0 Å². The molecule has 2 unspecified atom stereocenters. The molecule has 0 spiro atoms. The molecule has 0 fully saturated rings. The van der Waals surface area contributed by atoms with Gasteiger partial charge in [-0.2, -0.15) is 0 Å². The van der Waals surface area contributed by atoms with Crippen LogP contribution in [0, 0.1) is 11.6 Å². The van der Waals surface area contributed by atoms with Crippen molar-refractivity contribution in [2.45, 2.75) is 25.9 Å². The Hall–Kier alpha value is -1.33. The molecular formula is C13H14F2N2S. The summed E-state index contributed by atoms with van der Waals surface area (Å²) in [7, 11) is 0. The van der Waals surface area contributed by atoms with Crippen molar-refractivity contribution in [1.82, 2.24) is 10.3 Å². The second-order valence-electron chi connectivity index (χ2n) is 4.15. The summed E-state index contributed by atoms with van der Waals surface area (Å²) in [6.07, 6.45) is 1.76. The molecule has 1 aromatic carbocycles. The van der Waals surface area contributed by atoms with Crippen molar-refractivity contribution in [3.05, 3.63) is 52.0 Å². The first-order valence-corrected chi connectivity index (χ1v) is 6.56. The van der Waals surface area contributed by atoms with Gasteiger partial charge in [-0.15, -0.1) is 11.3 Å². The predicted molar refractivity (Wildman–Crippen MR) is 68.4 cm³/mol. The molecule has 18 heavy (non-hydrogen) atoms. The average Bonchev–Trinajstić information content (AvgIpc) is 2.81. The highest BCUT2D eigenvalue weighted by molar-refractivity contribution is 7.09. The highest BCUT2D eigenvalue weighted by Crippen LogP contribution is 2.24. The van der Waals surface area contributed by atoms with E-state index in [1.807, 2.05) is 6.92 Å². The Kier molecular flexibility index (Phi) is 4.04. The highest BCUT2D eigenvalue weighted by atomic mass is 32.1. The van der Waals surface area contributed by atoms with E-state index < -0.39 is 17.7 Å². The van der Waals surface area contributed by atoms with Gasteiger partial charge in [0, 0.05) is 28.7 Å². The summed E-state index contributed by atoms with van der Waals surface area (Å²) >= 11 is 1.52. The minimum atomic E-state index is -0.522. The lowest BCUT2D eigenvalue weighted by molar-refractivity contribution is 0.452. The summed E-state index contributed by atoms with van der Waals surface area (Å²) in [5.41, 5.74) is 1.82. The number of thiazole rings is 1. The summed E-state index contributed by atoms with van der Waals surface area (Å²) in [5.74, 6) is -1.04. The Bertz CT molecular complexity index is 493. The molecule has 5 heteroatoms. The van der Waals surface area contributed by atoms with Crippen LogP contribution in [0.2, 0.25) is 0 Å². The Morgan fingerprint density at radius 2 is 1.83 bits per heavy atom. The molecule has 0 saturated heterocycles. The fourth-order valence-electron chi connectivity index (χ4n) is 1.90. The van der Waals surface area contributed by atoms with Gasteiger partial charge in [0.15, 0.2) is 0 Å². The first kappa shape index (κ1) is 13.1. The zero-order valence-corrected chi connectivity index (χ0v) is 11.0. The molecule has 96 valence electrons. The van der Waals surface area contributed by atoms with Crippen LogP contribution in [0.1, 0.15) is 36.4 Å². The first-order chi connectivity index (χ1) is 8.59. The van der Waals surface area contributed by atoms with Crippen LogP contribution in [0.25, 0.3) is 0 Å². The van der Waals surface area contributed by atoms with Gasteiger partial charge in [-0.1, -0.05) is 6.07 Å². The molecule has 2 atom stereocenters. The van der Waals surface area contributed by atoms with Gasteiger partial charge in [0.2, 0.25) is 0 Å². The summed E-state index contributed by atoms with van der Waals surface area (Å²) in [4.78, 5) is 5.03. The maximum Gasteiger partial charge on any atom is 0.130 e. The fourth-order valence-corrected chi connectivity index (χ4v) is 2.54. The van der Waals surface area contributed by atoms with E-state index in [0.717, 1.165) is 4.88 Å².